The Morgan fingerprint density at radius 1 is 1.05 bits per heavy atom. The van der Waals surface area contributed by atoms with Crippen LogP contribution in [0.15, 0.2) is 88.2 Å². The standard InChI is InChI=1S/C34H34ClN3OS/c1-20-9-11-26(12-10-20)40-19-23-13-21(2)14-27(22(23)3)31-28(18-36)33(37)38(25-8-6-7-24(35)15-25)29-16-34(4,5)17-30(39)32(29)31/h6-15,31H,16-17,19,37H2,1-5H3. The van der Waals surface area contributed by atoms with Gasteiger partial charge >= 0.3 is 0 Å². The van der Waals surface area contributed by atoms with Crippen molar-refractivity contribution in [1.29, 1.82) is 5.26 Å². The Hall–Kier alpha value is -3.46. The van der Waals surface area contributed by atoms with Gasteiger partial charge in [-0.05, 0) is 79.6 Å². The second-order valence-corrected chi connectivity index (χ2v) is 13.2. The predicted molar refractivity (Wildman–Crippen MR) is 165 cm³/mol. The highest BCUT2D eigenvalue weighted by molar-refractivity contribution is 7.98. The number of anilines is 1. The summed E-state index contributed by atoms with van der Waals surface area (Å²) >= 11 is 8.16. The van der Waals surface area contributed by atoms with Crippen LogP contribution in [0, 0.1) is 37.5 Å². The molecule has 2 aliphatic rings. The van der Waals surface area contributed by atoms with Gasteiger partial charge in [0.05, 0.1) is 17.6 Å². The minimum atomic E-state index is -0.512. The summed E-state index contributed by atoms with van der Waals surface area (Å²) in [5, 5.41) is 11.1. The Morgan fingerprint density at radius 2 is 1.77 bits per heavy atom. The highest BCUT2D eigenvalue weighted by atomic mass is 35.5. The lowest BCUT2D eigenvalue weighted by atomic mass is 9.68. The Bertz CT molecular complexity index is 1610. The van der Waals surface area contributed by atoms with Gasteiger partial charge in [0, 0.05) is 39.0 Å². The van der Waals surface area contributed by atoms with Crippen molar-refractivity contribution in [2.24, 2.45) is 11.1 Å². The lowest BCUT2D eigenvalue weighted by Gasteiger charge is -2.44. The fraction of sp³-hybridized carbons (Fsp3) is 0.294. The topological polar surface area (TPSA) is 70.1 Å². The van der Waals surface area contributed by atoms with Gasteiger partial charge in [-0.25, -0.2) is 0 Å². The quantitative estimate of drug-likeness (QED) is 0.313. The summed E-state index contributed by atoms with van der Waals surface area (Å²) in [4.78, 5) is 17.1. The Morgan fingerprint density at radius 3 is 2.45 bits per heavy atom. The van der Waals surface area contributed by atoms with Crippen molar-refractivity contribution in [3.63, 3.8) is 0 Å². The lowest BCUT2D eigenvalue weighted by Crippen LogP contribution is -2.42. The fourth-order valence-electron chi connectivity index (χ4n) is 5.94. The number of Topliss-reactive ketones (excluding diaryl/α,β-unsaturated/α-hetero) is 1. The molecule has 1 aliphatic heterocycles. The number of halogens is 1. The van der Waals surface area contributed by atoms with E-state index in [1.807, 2.05) is 23.1 Å². The average molecular weight is 568 g/mol. The summed E-state index contributed by atoms with van der Waals surface area (Å²) in [6.45, 7) is 10.5. The molecule has 2 N–H and O–H groups in total. The summed E-state index contributed by atoms with van der Waals surface area (Å²) in [7, 11) is 0. The summed E-state index contributed by atoms with van der Waals surface area (Å²) in [6.07, 6.45) is 1.09. The number of carbonyl (C=O) groups excluding carboxylic acids is 1. The molecule has 1 atom stereocenters. The molecule has 40 heavy (non-hydrogen) atoms. The highest BCUT2D eigenvalue weighted by Gasteiger charge is 2.45. The number of benzene rings is 3. The number of thioether (sulfide) groups is 1. The third kappa shape index (κ3) is 5.31. The molecule has 4 nitrogen and oxygen atoms in total. The van der Waals surface area contributed by atoms with Crippen LogP contribution in [0.2, 0.25) is 5.02 Å². The molecule has 0 fully saturated rings. The van der Waals surface area contributed by atoms with Crippen molar-refractivity contribution in [2.45, 2.75) is 64.0 Å². The number of carbonyl (C=O) groups is 1. The molecular weight excluding hydrogens is 534 g/mol. The van der Waals surface area contributed by atoms with E-state index in [1.54, 1.807) is 17.8 Å². The second kappa shape index (κ2) is 10.8. The first-order chi connectivity index (χ1) is 19.0. The van der Waals surface area contributed by atoms with Crippen LogP contribution in [0.4, 0.5) is 5.69 Å². The molecule has 0 amide bonds. The van der Waals surface area contributed by atoms with Gasteiger partial charge in [0.25, 0.3) is 0 Å². The molecule has 3 aromatic carbocycles. The number of allylic oxidation sites excluding steroid dienone is 3. The second-order valence-electron chi connectivity index (χ2n) is 11.7. The zero-order chi connectivity index (χ0) is 28.8. The lowest BCUT2D eigenvalue weighted by molar-refractivity contribution is -0.118. The van der Waals surface area contributed by atoms with Crippen LogP contribution in [-0.2, 0) is 10.5 Å². The van der Waals surface area contributed by atoms with Crippen molar-refractivity contribution in [3.05, 3.63) is 116 Å². The minimum Gasteiger partial charge on any atom is -0.384 e. The first kappa shape index (κ1) is 28.1. The first-order valence-electron chi connectivity index (χ1n) is 13.5. The largest absolute Gasteiger partial charge is 0.384 e. The maximum atomic E-state index is 14.0. The number of rotatable bonds is 5. The van der Waals surface area contributed by atoms with Gasteiger partial charge in [-0.2, -0.15) is 5.26 Å². The number of hydrogen-bond donors (Lipinski definition) is 1. The van der Waals surface area contributed by atoms with Crippen LogP contribution in [0.25, 0.3) is 0 Å². The minimum absolute atomic E-state index is 0.0695. The van der Waals surface area contributed by atoms with E-state index in [9.17, 15) is 10.1 Å². The van der Waals surface area contributed by atoms with Crippen LogP contribution < -0.4 is 10.6 Å². The maximum Gasteiger partial charge on any atom is 0.162 e. The Balaban J connectivity index is 1.67. The summed E-state index contributed by atoms with van der Waals surface area (Å²) in [5.41, 5.74) is 14.9. The fourth-order valence-corrected chi connectivity index (χ4v) is 7.07. The van der Waals surface area contributed by atoms with Gasteiger partial charge in [0.2, 0.25) is 0 Å². The molecule has 0 aromatic heterocycles. The van der Waals surface area contributed by atoms with Gasteiger partial charge in [-0.1, -0.05) is 66.9 Å². The number of ketones is 1. The van der Waals surface area contributed by atoms with Crippen LogP contribution in [0.3, 0.4) is 0 Å². The van der Waals surface area contributed by atoms with E-state index in [4.69, 9.17) is 17.3 Å². The van der Waals surface area contributed by atoms with E-state index in [0.717, 1.165) is 33.8 Å². The summed E-state index contributed by atoms with van der Waals surface area (Å²) in [6, 6.07) is 22.7. The first-order valence-corrected chi connectivity index (χ1v) is 14.9. The monoisotopic (exact) mass is 567 g/mol. The molecule has 0 saturated carbocycles. The van der Waals surface area contributed by atoms with Gasteiger partial charge in [-0.15, -0.1) is 11.8 Å². The van der Waals surface area contributed by atoms with E-state index < -0.39 is 5.92 Å². The smallest absolute Gasteiger partial charge is 0.162 e. The van der Waals surface area contributed by atoms with E-state index in [0.29, 0.717) is 34.8 Å². The van der Waals surface area contributed by atoms with Gasteiger partial charge in [-0.3, -0.25) is 9.69 Å². The third-order valence-corrected chi connectivity index (χ3v) is 9.17. The zero-order valence-corrected chi connectivity index (χ0v) is 25.2. The normalized spacial score (nSPS) is 18.6. The van der Waals surface area contributed by atoms with Gasteiger partial charge in [0.15, 0.2) is 5.78 Å². The van der Waals surface area contributed by atoms with Gasteiger partial charge < -0.3 is 5.73 Å². The molecule has 1 heterocycles. The Labute approximate surface area is 246 Å². The van der Waals surface area contributed by atoms with Crippen LogP contribution in [-0.4, -0.2) is 5.78 Å². The molecule has 6 heteroatoms. The van der Waals surface area contributed by atoms with Crippen molar-refractivity contribution in [3.8, 4) is 6.07 Å². The van der Waals surface area contributed by atoms with Crippen molar-refractivity contribution < 1.29 is 4.79 Å². The number of aryl methyl sites for hydroxylation is 2. The molecular formula is C34H34ClN3OS. The molecule has 0 radical (unpaired) electrons. The number of nitriles is 1. The Kier molecular flexibility index (Phi) is 7.61. The van der Waals surface area contributed by atoms with Crippen molar-refractivity contribution in [1.82, 2.24) is 0 Å². The summed E-state index contributed by atoms with van der Waals surface area (Å²) in [5.74, 6) is 0.705. The molecule has 204 valence electrons. The molecule has 1 aliphatic carbocycles. The zero-order valence-electron chi connectivity index (χ0n) is 23.6. The van der Waals surface area contributed by atoms with E-state index >= 15 is 0 Å². The van der Waals surface area contributed by atoms with Crippen molar-refractivity contribution in [2.75, 3.05) is 4.90 Å². The molecule has 0 saturated heterocycles. The van der Waals surface area contributed by atoms with E-state index in [2.05, 4.69) is 77.1 Å². The van der Waals surface area contributed by atoms with Crippen molar-refractivity contribution >= 4 is 34.8 Å². The van der Waals surface area contributed by atoms with Gasteiger partial charge in [0.1, 0.15) is 5.82 Å². The average Bonchev–Trinajstić information content (AvgIpc) is 2.88. The summed E-state index contributed by atoms with van der Waals surface area (Å²) < 4.78 is 0. The van der Waals surface area contributed by atoms with E-state index in [-0.39, 0.29) is 11.2 Å². The highest BCUT2D eigenvalue weighted by Crippen LogP contribution is 2.51. The number of hydrogen-bond acceptors (Lipinski definition) is 5. The predicted octanol–water partition coefficient (Wildman–Crippen LogP) is 8.50. The molecule has 0 bridgehead atoms. The van der Waals surface area contributed by atoms with Crippen LogP contribution in [0.1, 0.15) is 60.4 Å². The van der Waals surface area contributed by atoms with E-state index in [1.165, 1.54) is 16.0 Å². The van der Waals surface area contributed by atoms with Crippen LogP contribution >= 0.6 is 23.4 Å². The number of nitrogens with zero attached hydrogens (tertiary/aromatic N) is 2. The SMILES string of the molecule is Cc1ccc(SCc2cc(C)cc(C3C(C#N)=C(N)N(c4cccc(Cl)c4)C4=C3C(=O)CC(C)(C)C4)c2C)cc1. The maximum absolute atomic E-state index is 14.0. The molecule has 1 unspecified atom stereocenters. The third-order valence-electron chi connectivity index (χ3n) is 7.87. The molecule has 3 aromatic rings. The molecule has 5 rings (SSSR count). The van der Waals surface area contributed by atoms with Crippen LogP contribution in [0.5, 0.6) is 0 Å². The number of nitrogens with two attached hydrogens (primary N) is 1. The molecule has 0 spiro atoms.